The number of rotatable bonds is 3. The molecule has 2 aliphatic heterocycles. The Balaban J connectivity index is 1.95. The van der Waals surface area contributed by atoms with E-state index >= 15 is 0 Å². The third kappa shape index (κ3) is 2.32. The largest absolute Gasteiger partial charge is 0.447 e. The van der Waals surface area contributed by atoms with Gasteiger partial charge in [0.05, 0.1) is 24.1 Å². The molecular formula is C22H21ClN4O2. The van der Waals surface area contributed by atoms with E-state index in [2.05, 4.69) is 25.1 Å². The van der Waals surface area contributed by atoms with Gasteiger partial charge in [0.15, 0.2) is 5.41 Å². The Kier molecular flexibility index (Phi) is 4.58. The number of nitrogens with one attached hydrogen (secondary N) is 1. The van der Waals surface area contributed by atoms with Gasteiger partial charge in [0.1, 0.15) is 6.10 Å². The predicted octanol–water partition coefficient (Wildman–Crippen LogP) is 4.88. The molecule has 6 nitrogen and oxygen atoms in total. The molecule has 3 fully saturated rings. The molecule has 3 aliphatic rings. The second kappa shape index (κ2) is 6.74. The summed E-state index contributed by atoms with van der Waals surface area (Å²) in [5, 5.41) is 39.8. The van der Waals surface area contributed by atoms with E-state index in [0.29, 0.717) is 29.3 Å². The second-order valence-electron chi connectivity index (χ2n) is 8.20. The van der Waals surface area contributed by atoms with Gasteiger partial charge >= 0.3 is 0 Å². The van der Waals surface area contributed by atoms with Crippen molar-refractivity contribution in [2.45, 2.75) is 50.9 Å². The summed E-state index contributed by atoms with van der Waals surface area (Å²) in [7, 11) is 0. The van der Waals surface area contributed by atoms with Crippen molar-refractivity contribution in [2.24, 2.45) is 22.7 Å². The molecular weight excluding hydrogens is 388 g/mol. The van der Waals surface area contributed by atoms with Crippen molar-refractivity contribution in [3.63, 3.8) is 0 Å². The van der Waals surface area contributed by atoms with Gasteiger partial charge in [-0.3, -0.25) is 5.41 Å². The molecule has 7 heteroatoms. The average molecular weight is 409 g/mol. The van der Waals surface area contributed by atoms with E-state index in [0.717, 1.165) is 19.3 Å². The molecule has 0 radical (unpaired) electrons. The molecule has 29 heavy (non-hydrogen) atoms. The third-order valence-corrected chi connectivity index (χ3v) is 7.25. The van der Waals surface area contributed by atoms with Gasteiger partial charge in [-0.2, -0.15) is 15.8 Å². The quantitative estimate of drug-likeness (QED) is 0.765. The second-order valence-corrected chi connectivity index (χ2v) is 8.60. The van der Waals surface area contributed by atoms with Gasteiger partial charge in [-0.15, -0.1) is 0 Å². The Labute approximate surface area is 175 Å². The van der Waals surface area contributed by atoms with Crippen LogP contribution in [0.1, 0.15) is 50.7 Å². The minimum Gasteiger partial charge on any atom is -0.447 e. The van der Waals surface area contributed by atoms with Crippen LogP contribution in [0.4, 0.5) is 0 Å². The van der Waals surface area contributed by atoms with Crippen molar-refractivity contribution in [1.82, 2.24) is 0 Å². The van der Waals surface area contributed by atoms with Crippen molar-refractivity contribution in [3.8, 4) is 18.2 Å². The van der Waals surface area contributed by atoms with E-state index in [9.17, 15) is 15.8 Å². The van der Waals surface area contributed by atoms with Crippen molar-refractivity contribution in [3.05, 3.63) is 34.9 Å². The number of hydrogen-bond acceptors (Lipinski definition) is 6. The Morgan fingerprint density at radius 2 is 1.93 bits per heavy atom. The fourth-order valence-corrected chi connectivity index (χ4v) is 5.79. The Morgan fingerprint density at radius 1 is 1.21 bits per heavy atom. The molecule has 1 aromatic rings. The summed E-state index contributed by atoms with van der Waals surface area (Å²) in [4.78, 5) is 0. The Bertz CT molecular complexity index is 976. The smallest absolute Gasteiger partial charge is 0.217 e. The van der Waals surface area contributed by atoms with Gasteiger partial charge in [0.2, 0.25) is 17.1 Å². The van der Waals surface area contributed by atoms with Gasteiger partial charge in [0.25, 0.3) is 0 Å². The highest BCUT2D eigenvalue weighted by molar-refractivity contribution is 6.31. The normalized spacial score (nSPS) is 36.8. The van der Waals surface area contributed by atoms with Gasteiger partial charge in [-0.05, 0) is 24.8 Å². The van der Waals surface area contributed by atoms with Crippen LogP contribution in [0.3, 0.4) is 0 Å². The van der Waals surface area contributed by atoms with Crippen LogP contribution in [0.2, 0.25) is 5.02 Å². The molecule has 2 saturated heterocycles. The lowest BCUT2D eigenvalue weighted by Gasteiger charge is -2.53. The molecule has 5 atom stereocenters. The van der Waals surface area contributed by atoms with Crippen LogP contribution in [0, 0.1) is 62.1 Å². The van der Waals surface area contributed by atoms with E-state index in [1.165, 1.54) is 0 Å². The average Bonchev–Trinajstić information content (AvgIpc) is 2.93. The first-order valence-corrected chi connectivity index (χ1v) is 10.3. The monoisotopic (exact) mass is 408 g/mol. The topological polar surface area (TPSA) is 114 Å². The van der Waals surface area contributed by atoms with E-state index in [1.54, 1.807) is 24.3 Å². The molecule has 1 N–H and O–H groups in total. The van der Waals surface area contributed by atoms with Crippen LogP contribution in [0.25, 0.3) is 0 Å². The lowest BCUT2D eigenvalue weighted by molar-refractivity contribution is -0.299. The van der Waals surface area contributed by atoms with Gasteiger partial charge in [-0.1, -0.05) is 49.6 Å². The number of nitrogens with zero attached hydrogens (tertiary/aromatic N) is 3. The molecule has 0 aromatic heterocycles. The van der Waals surface area contributed by atoms with Crippen molar-refractivity contribution in [2.75, 3.05) is 0 Å². The number of ether oxygens (including phenoxy) is 2. The Hall–Kier alpha value is -2.59. The molecule has 1 aliphatic carbocycles. The van der Waals surface area contributed by atoms with E-state index < -0.39 is 28.6 Å². The maximum atomic E-state index is 10.4. The number of nitriles is 3. The standard InChI is InChI=1S/C22H21ClN4O2/c1-2-5-14-8-9-22-17(10-14)21(13-26,19(27)29-22)20(11-24,12-25)18(28-22)15-6-3-4-7-16(15)23/h3-4,6-7,14,17-18,27H,2,5,8-10H2,1H3. The summed E-state index contributed by atoms with van der Waals surface area (Å²) in [6.45, 7) is 2.11. The molecule has 4 rings (SSSR count). The molecule has 0 spiro atoms. The summed E-state index contributed by atoms with van der Waals surface area (Å²) in [6.07, 6.45) is 2.86. The summed E-state index contributed by atoms with van der Waals surface area (Å²) < 4.78 is 12.4. The molecule has 148 valence electrons. The highest BCUT2D eigenvalue weighted by Crippen LogP contribution is 2.70. The van der Waals surface area contributed by atoms with E-state index in [1.807, 2.05) is 0 Å². The minimum atomic E-state index is -1.94. The first-order chi connectivity index (χ1) is 13.9. The number of halogens is 1. The summed E-state index contributed by atoms with van der Waals surface area (Å²) in [6, 6.07) is 13.2. The van der Waals surface area contributed by atoms with Crippen LogP contribution >= 0.6 is 11.6 Å². The summed E-state index contributed by atoms with van der Waals surface area (Å²) in [5.74, 6) is -1.72. The van der Waals surface area contributed by atoms with Gasteiger partial charge < -0.3 is 9.47 Å². The lowest BCUT2D eigenvalue weighted by atomic mass is 9.50. The van der Waals surface area contributed by atoms with Gasteiger partial charge in [0, 0.05) is 17.0 Å². The third-order valence-electron chi connectivity index (χ3n) is 6.90. The highest BCUT2D eigenvalue weighted by Gasteiger charge is 2.81. The molecule has 2 heterocycles. The summed E-state index contributed by atoms with van der Waals surface area (Å²) >= 11 is 6.40. The van der Waals surface area contributed by atoms with Crippen LogP contribution < -0.4 is 0 Å². The van der Waals surface area contributed by atoms with Crippen LogP contribution in [0.5, 0.6) is 0 Å². The van der Waals surface area contributed by atoms with E-state index in [-0.39, 0.29) is 5.90 Å². The summed E-state index contributed by atoms with van der Waals surface area (Å²) in [5.41, 5.74) is -3.18. The maximum absolute atomic E-state index is 10.4. The lowest BCUT2D eigenvalue weighted by Crippen LogP contribution is -2.61. The van der Waals surface area contributed by atoms with Gasteiger partial charge in [-0.25, -0.2) is 0 Å². The SMILES string of the molecule is CCCC1CCC23OC(=N)C(C#N)(C2C1)C(C#N)(C#N)C(c1ccccc1Cl)O3. The molecule has 1 saturated carbocycles. The van der Waals surface area contributed by atoms with Crippen molar-refractivity contribution >= 4 is 17.5 Å². The molecule has 0 amide bonds. The highest BCUT2D eigenvalue weighted by atomic mass is 35.5. The Morgan fingerprint density at radius 3 is 2.55 bits per heavy atom. The van der Waals surface area contributed by atoms with Crippen molar-refractivity contribution < 1.29 is 9.47 Å². The fraction of sp³-hybridized carbons (Fsp3) is 0.545. The first kappa shape index (κ1) is 19.7. The van der Waals surface area contributed by atoms with Crippen LogP contribution in [-0.2, 0) is 9.47 Å². The predicted molar refractivity (Wildman–Crippen MR) is 104 cm³/mol. The fourth-order valence-electron chi connectivity index (χ4n) is 5.55. The zero-order chi connectivity index (χ0) is 20.9. The molecule has 1 aromatic carbocycles. The molecule has 5 unspecified atom stereocenters. The van der Waals surface area contributed by atoms with Crippen LogP contribution in [-0.4, -0.2) is 11.7 Å². The minimum absolute atomic E-state index is 0.334. The van der Waals surface area contributed by atoms with E-state index in [4.69, 9.17) is 26.5 Å². The van der Waals surface area contributed by atoms with Crippen LogP contribution in [0.15, 0.2) is 24.3 Å². The zero-order valence-corrected chi connectivity index (χ0v) is 16.9. The molecule has 2 bridgehead atoms. The number of hydrogen-bond donors (Lipinski definition) is 1. The zero-order valence-electron chi connectivity index (χ0n) is 16.1. The van der Waals surface area contributed by atoms with Crippen molar-refractivity contribution in [1.29, 1.82) is 21.2 Å². The first-order valence-electron chi connectivity index (χ1n) is 9.88. The maximum Gasteiger partial charge on any atom is 0.217 e. The number of benzene rings is 1.